The highest BCUT2D eigenvalue weighted by molar-refractivity contribution is 5.96. The highest BCUT2D eigenvalue weighted by atomic mass is 16.5. The maximum Gasteiger partial charge on any atom is 0.243 e. The molecule has 1 heterocycles. The molecular formula is C33H41N3O3. The van der Waals surface area contributed by atoms with Crippen LogP contribution >= 0.6 is 0 Å². The van der Waals surface area contributed by atoms with Gasteiger partial charge in [0.1, 0.15) is 11.8 Å². The first-order valence-electron chi connectivity index (χ1n) is 14.2. The van der Waals surface area contributed by atoms with Gasteiger partial charge in [-0.05, 0) is 87.5 Å². The lowest BCUT2D eigenvalue weighted by Gasteiger charge is -2.31. The fourth-order valence-electron chi connectivity index (χ4n) is 5.37. The van der Waals surface area contributed by atoms with Crippen molar-refractivity contribution in [2.75, 3.05) is 38.2 Å². The number of ether oxygens (including phenoxy) is 1. The Labute approximate surface area is 233 Å². The molecule has 0 spiro atoms. The largest absolute Gasteiger partial charge is 0.497 e. The molecule has 6 heteroatoms. The molecule has 1 fully saturated rings. The van der Waals surface area contributed by atoms with E-state index >= 15 is 0 Å². The van der Waals surface area contributed by atoms with Crippen LogP contribution in [0.2, 0.25) is 0 Å². The quantitative estimate of drug-likeness (QED) is 0.216. The zero-order chi connectivity index (χ0) is 27.3. The molecule has 3 aromatic carbocycles. The summed E-state index contributed by atoms with van der Waals surface area (Å²) in [5, 5.41) is 3.13. The van der Waals surface area contributed by atoms with Crippen LogP contribution in [0.15, 0.2) is 78.9 Å². The minimum Gasteiger partial charge on any atom is -0.497 e. The van der Waals surface area contributed by atoms with E-state index in [1.807, 2.05) is 66.7 Å². The lowest BCUT2D eigenvalue weighted by Crippen LogP contribution is -2.47. The molecule has 0 radical (unpaired) electrons. The molecule has 6 nitrogen and oxygen atoms in total. The van der Waals surface area contributed by atoms with E-state index in [0.717, 1.165) is 67.9 Å². The van der Waals surface area contributed by atoms with Gasteiger partial charge < -0.3 is 19.9 Å². The van der Waals surface area contributed by atoms with E-state index in [2.05, 4.69) is 22.3 Å². The summed E-state index contributed by atoms with van der Waals surface area (Å²) in [6, 6.07) is 25.3. The van der Waals surface area contributed by atoms with E-state index in [-0.39, 0.29) is 5.91 Å². The van der Waals surface area contributed by atoms with Crippen molar-refractivity contribution < 1.29 is 14.3 Å². The van der Waals surface area contributed by atoms with Crippen molar-refractivity contribution in [2.24, 2.45) is 0 Å². The van der Waals surface area contributed by atoms with Crippen LogP contribution in [0.5, 0.6) is 5.75 Å². The molecule has 39 heavy (non-hydrogen) atoms. The Kier molecular flexibility index (Phi) is 11.0. The minimum absolute atomic E-state index is 0.0988. The molecule has 3 aromatic rings. The topological polar surface area (TPSA) is 61.9 Å². The molecule has 0 aromatic heterocycles. The molecule has 1 aliphatic rings. The summed E-state index contributed by atoms with van der Waals surface area (Å²) in [6.45, 7) is 3.76. The summed E-state index contributed by atoms with van der Waals surface area (Å²) >= 11 is 0. The van der Waals surface area contributed by atoms with Crippen molar-refractivity contribution >= 4 is 18.0 Å². The average molecular weight is 528 g/mol. The van der Waals surface area contributed by atoms with Crippen LogP contribution in [-0.4, -0.2) is 56.5 Å². The molecular weight excluding hydrogens is 486 g/mol. The predicted octanol–water partition coefficient (Wildman–Crippen LogP) is 5.71. The number of carbonyl (C=O) groups is 2. The number of amides is 2. The summed E-state index contributed by atoms with van der Waals surface area (Å²) in [7, 11) is 1.64. The Morgan fingerprint density at radius 3 is 2.38 bits per heavy atom. The normalized spacial score (nSPS) is 14.4. The van der Waals surface area contributed by atoms with Gasteiger partial charge in [-0.25, -0.2) is 0 Å². The third-order valence-electron chi connectivity index (χ3n) is 7.52. The Balaban J connectivity index is 1.50. The number of carbonyl (C=O) groups excluding carboxylic acids is 2. The lowest BCUT2D eigenvalue weighted by molar-refractivity contribution is -0.124. The molecule has 1 atom stereocenters. The van der Waals surface area contributed by atoms with Gasteiger partial charge >= 0.3 is 0 Å². The fourth-order valence-corrected chi connectivity index (χ4v) is 5.37. The molecule has 0 bridgehead atoms. The second kappa shape index (κ2) is 15.1. The van der Waals surface area contributed by atoms with Crippen LogP contribution < -0.4 is 15.0 Å². The van der Waals surface area contributed by atoms with Gasteiger partial charge in [-0.15, -0.1) is 0 Å². The van der Waals surface area contributed by atoms with Crippen LogP contribution in [0.1, 0.15) is 44.1 Å². The maximum absolute atomic E-state index is 13.6. The second-order valence-corrected chi connectivity index (χ2v) is 10.2. The van der Waals surface area contributed by atoms with Crippen LogP contribution in [0.4, 0.5) is 5.69 Å². The molecule has 2 amide bonds. The highest BCUT2D eigenvalue weighted by Gasteiger charge is 2.28. The van der Waals surface area contributed by atoms with E-state index in [0.29, 0.717) is 13.0 Å². The fraction of sp³-hybridized carbons (Fsp3) is 0.394. The molecule has 0 saturated carbocycles. The number of likely N-dealkylation sites (tertiary alicyclic amines) is 1. The molecule has 1 saturated heterocycles. The lowest BCUT2D eigenvalue weighted by atomic mass is 10.0. The van der Waals surface area contributed by atoms with Crippen LogP contribution in [-0.2, 0) is 16.0 Å². The monoisotopic (exact) mass is 527 g/mol. The highest BCUT2D eigenvalue weighted by Crippen LogP contribution is 2.33. The van der Waals surface area contributed by atoms with Gasteiger partial charge in [0.2, 0.25) is 12.3 Å². The van der Waals surface area contributed by atoms with Crippen LogP contribution in [0, 0.1) is 0 Å². The van der Waals surface area contributed by atoms with Gasteiger partial charge in [-0.3, -0.25) is 9.59 Å². The van der Waals surface area contributed by atoms with Crippen molar-refractivity contribution in [1.82, 2.24) is 10.2 Å². The smallest absolute Gasteiger partial charge is 0.243 e. The van der Waals surface area contributed by atoms with Gasteiger partial charge in [0, 0.05) is 12.1 Å². The number of para-hydroxylation sites is 1. The Hall–Kier alpha value is -3.64. The molecule has 0 aliphatic carbocycles. The van der Waals surface area contributed by atoms with Gasteiger partial charge in [-0.1, -0.05) is 67.1 Å². The summed E-state index contributed by atoms with van der Waals surface area (Å²) < 4.78 is 5.32. The van der Waals surface area contributed by atoms with Crippen LogP contribution in [0.25, 0.3) is 11.1 Å². The average Bonchev–Trinajstić information content (AvgIpc) is 3.00. The van der Waals surface area contributed by atoms with Gasteiger partial charge in [0.15, 0.2) is 0 Å². The minimum atomic E-state index is -0.580. The Morgan fingerprint density at radius 2 is 1.67 bits per heavy atom. The first kappa shape index (κ1) is 28.4. The summed E-state index contributed by atoms with van der Waals surface area (Å²) in [6.07, 6.45) is 7.80. The number of piperidine rings is 1. The summed E-state index contributed by atoms with van der Waals surface area (Å²) in [5.41, 5.74) is 3.87. The second-order valence-electron chi connectivity index (χ2n) is 10.2. The number of hydrogen-bond donors (Lipinski definition) is 1. The van der Waals surface area contributed by atoms with Gasteiger partial charge in [-0.2, -0.15) is 0 Å². The number of nitrogens with one attached hydrogen (secondary N) is 1. The molecule has 206 valence electrons. The van der Waals surface area contributed by atoms with Gasteiger partial charge in [0.05, 0.1) is 12.8 Å². The van der Waals surface area contributed by atoms with E-state index in [9.17, 15) is 9.59 Å². The summed E-state index contributed by atoms with van der Waals surface area (Å²) in [5.74, 6) is 0.673. The van der Waals surface area contributed by atoms with Crippen LogP contribution in [0.3, 0.4) is 0 Å². The van der Waals surface area contributed by atoms with Crippen molar-refractivity contribution in [3.63, 3.8) is 0 Å². The summed E-state index contributed by atoms with van der Waals surface area (Å²) in [4.78, 5) is 30.3. The number of hydrogen-bond acceptors (Lipinski definition) is 4. The standard InChI is InChI=1S/C33H41N3O3/c1-39-29-20-18-28(19-21-29)30-15-6-7-16-31(30)36(26-37)32(17-11-25-35-23-8-3-9-24-35)33(38)34-22-10-14-27-12-4-2-5-13-27/h2,4-7,12-13,15-16,18-21,26,32H,3,8-11,14,17,22-25H2,1H3,(H,34,38)/t32-/m0/s1. The first-order valence-corrected chi connectivity index (χ1v) is 14.2. The van der Waals surface area contributed by atoms with Crippen molar-refractivity contribution in [3.05, 3.63) is 84.4 Å². The number of benzene rings is 3. The first-order chi connectivity index (χ1) is 19.2. The zero-order valence-electron chi connectivity index (χ0n) is 23.1. The zero-order valence-corrected chi connectivity index (χ0v) is 23.1. The number of rotatable bonds is 14. The van der Waals surface area contributed by atoms with Crippen molar-refractivity contribution in [2.45, 2.75) is 51.0 Å². The van der Waals surface area contributed by atoms with E-state index in [1.165, 1.54) is 24.8 Å². The number of anilines is 1. The third-order valence-corrected chi connectivity index (χ3v) is 7.52. The number of methoxy groups -OCH3 is 1. The molecule has 4 rings (SSSR count). The number of nitrogens with zero attached hydrogens (tertiary/aromatic N) is 2. The third kappa shape index (κ3) is 8.17. The molecule has 1 aliphatic heterocycles. The Morgan fingerprint density at radius 1 is 0.949 bits per heavy atom. The van der Waals surface area contributed by atoms with E-state index in [4.69, 9.17) is 4.74 Å². The molecule has 1 N–H and O–H groups in total. The van der Waals surface area contributed by atoms with Gasteiger partial charge in [0.25, 0.3) is 0 Å². The Bertz CT molecular complexity index is 1160. The predicted molar refractivity (Wildman–Crippen MR) is 158 cm³/mol. The van der Waals surface area contributed by atoms with E-state index < -0.39 is 6.04 Å². The number of aryl methyl sites for hydroxylation is 1. The van der Waals surface area contributed by atoms with Crippen molar-refractivity contribution in [3.8, 4) is 16.9 Å². The van der Waals surface area contributed by atoms with Crippen molar-refractivity contribution in [1.29, 1.82) is 0 Å². The van der Waals surface area contributed by atoms with E-state index in [1.54, 1.807) is 12.0 Å². The molecule has 0 unspecified atom stereocenters. The maximum atomic E-state index is 13.6. The SMILES string of the molecule is COc1ccc(-c2ccccc2N(C=O)[C@@H](CCCN2CCCCC2)C(=O)NCCCc2ccccc2)cc1.